The summed E-state index contributed by atoms with van der Waals surface area (Å²) in [5.74, 6) is 0. The molecular weight excluding hydrogens is 208 g/mol. The summed E-state index contributed by atoms with van der Waals surface area (Å²) >= 11 is 6.08. The summed E-state index contributed by atoms with van der Waals surface area (Å²) in [6, 6.07) is 8.01. The molecule has 0 spiro atoms. The maximum atomic E-state index is 6.08. The van der Waals surface area contributed by atoms with Crippen molar-refractivity contribution in [3.63, 3.8) is 0 Å². The van der Waals surface area contributed by atoms with Gasteiger partial charge in [-0.2, -0.15) is 0 Å². The van der Waals surface area contributed by atoms with Crippen molar-refractivity contribution in [2.75, 3.05) is 26.2 Å². The van der Waals surface area contributed by atoms with Crippen molar-refractivity contribution in [2.24, 2.45) is 5.73 Å². The van der Waals surface area contributed by atoms with Gasteiger partial charge in [0.1, 0.15) is 0 Å². The molecule has 2 nitrogen and oxygen atoms in total. The molecule has 0 amide bonds. The van der Waals surface area contributed by atoms with E-state index in [-0.39, 0.29) is 0 Å². The van der Waals surface area contributed by atoms with E-state index in [1.807, 2.05) is 18.2 Å². The molecule has 1 rings (SSSR count). The monoisotopic (exact) mass is 226 g/mol. The Morgan fingerprint density at radius 1 is 1.27 bits per heavy atom. The molecule has 84 valence electrons. The van der Waals surface area contributed by atoms with Crippen LogP contribution in [0.5, 0.6) is 0 Å². The zero-order valence-corrected chi connectivity index (χ0v) is 10.0. The van der Waals surface area contributed by atoms with Crippen molar-refractivity contribution >= 4 is 11.6 Å². The summed E-state index contributed by atoms with van der Waals surface area (Å²) in [5, 5.41) is 0.862. The van der Waals surface area contributed by atoms with Crippen LogP contribution < -0.4 is 5.73 Å². The topological polar surface area (TPSA) is 29.3 Å². The third-order valence-corrected chi connectivity index (χ3v) is 2.92. The minimum absolute atomic E-state index is 0.719. The lowest BCUT2D eigenvalue weighted by molar-refractivity contribution is 0.300. The third-order valence-electron chi connectivity index (χ3n) is 2.55. The van der Waals surface area contributed by atoms with Crippen LogP contribution in [0.3, 0.4) is 0 Å². The average Bonchev–Trinajstić information content (AvgIpc) is 2.26. The SMILES string of the molecule is CCN(CCN)CCc1ccccc1Cl. The molecule has 0 saturated heterocycles. The molecule has 0 aromatic heterocycles. The zero-order valence-electron chi connectivity index (χ0n) is 9.25. The zero-order chi connectivity index (χ0) is 11.1. The van der Waals surface area contributed by atoms with Gasteiger partial charge in [0.15, 0.2) is 0 Å². The summed E-state index contributed by atoms with van der Waals surface area (Å²) in [6.45, 7) is 5.90. The van der Waals surface area contributed by atoms with Gasteiger partial charge in [-0.3, -0.25) is 0 Å². The molecule has 15 heavy (non-hydrogen) atoms. The molecular formula is C12H19ClN2. The summed E-state index contributed by atoms with van der Waals surface area (Å²) in [6.07, 6.45) is 0.994. The van der Waals surface area contributed by atoms with Crippen LogP contribution in [0, 0.1) is 0 Å². The van der Waals surface area contributed by atoms with Crippen molar-refractivity contribution in [2.45, 2.75) is 13.3 Å². The minimum atomic E-state index is 0.719. The third kappa shape index (κ3) is 4.20. The lowest BCUT2D eigenvalue weighted by Crippen LogP contribution is -2.31. The van der Waals surface area contributed by atoms with Gasteiger partial charge < -0.3 is 10.6 Å². The Kier molecular flexibility index (Phi) is 5.69. The highest BCUT2D eigenvalue weighted by Gasteiger charge is 2.03. The Bertz CT molecular complexity index is 289. The first-order chi connectivity index (χ1) is 7.27. The molecule has 0 atom stereocenters. The number of nitrogens with two attached hydrogens (primary N) is 1. The van der Waals surface area contributed by atoms with Crippen LogP contribution >= 0.6 is 11.6 Å². The lowest BCUT2D eigenvalue weighted by atomic mass is 10.1. The molecule has 0 saturated carbocycles. The first-order valence-corrected chi connectivity index (χ1v) is 5.81. The smallest absolute Gasteiger partial charge is 0.0438 e. The second-order valence-corrected chi connectivity index (χ2v) is 3.97. The Labute approximate surface area is 97.0 Å². The fourth-order valence-corrected chi connectivity index (χ4v) is 1.82. The Hall–Kier alpha value is -0.570. The van der Waals surface area contributed by atoms with E-state index in [0.29, 0.717) is 0 Å². The normalized spacial score (nSPS) is 10.9. The maximum Gasteiger partial charge on any atom is 0.0438 e. The van der Waals surface area contributed by atoms with Gasteiger partial charge in [0.05, 0.1) is 0 Å². The Morgan fingerprint density at radius 3 is 2.60 bits per heavy atom. The molecule has 0 aliphatic heterocycles. The van der Waals surface area contributed by atoms with Gasteiger partial charge >= 0.3 is 0 Å². The van der Waals surface area contributed by atoms with Crippen molar-refractivity contribution in [1.82, 2.24) is 4.90 Å². The largest absolute Gasteiger partial charge is 0.329 e. The summed E-state index contributed by atoms with van der Waals surface area (Å²) < 4.78 is 0. The van der Waals surface area contributed by atoms with Crippen molar-refractivity contribution in [3.8, 4) is 0 Å². The summed E-state index contributed by atoms with van der Waals surface area (Å²) in [5.41, 5.74) is 6.75. The first-order valence-electron chi connectivity index (χ1n) is 5.43. The lowest BCUT2D eigenvalue weighted by Gasteiger charge is -2.19. The summed E-state index contributed by atoms with van der Waals surface area (Å²) in [7, 11) is 0. The van der Waals surface area contributed by atoms with E-state index in [9.17, 15) is 0 Å². The van der Waals surface area contributed by atoms with Crippen LogP contribution in [-0.4, -0.2) is 31.1 Å². The maximum absolute atomic E-state index is 6.08. The fourth-order valence-electron chi connectivity index (χ4n) is 1.59. The Morgan fingerprint density at radius 2 is 2.00 bits per heavy atom. The van der Waals surface area contributed by atoms with Crippen LogP contribution in [-0.2, 0) is 6.42 Å². The molecule has 0 aliphatic rings. The molecule has 1 aromatic rings. The van der Waals surface area contributed by atoms with Gasteiger partial charge in [0.2, 0.25) is 0 Å². The predicted molar refractivity (Wildman–Crippen MR) is 66.3 cm³/mol. The van der Waals surface area contributed by atoms with Gasteiger partial charge in [-0.1, -0.05) is 36.7 Å². The van der Waals surface area contributed by atoms with E-state index in [0.717, 1.165) is 37.6 Å². The van der Waals surface area contributed by atoms with Crippen molar-refractivity contribution in [3.05, 3.63) is 34.9 Å². The molecule has 0 bridgehead atoms. The van der Waals surface area contributed by atoms with Gasteiger partial charge in [0, 0.05) is 24.7 Å². The highest BCUT2D eigenvalue weighted by atomic mass is 35.5. The fraction of sp³-hybridized carbons (Fsp3) is 0.500. The van der Waals surface area contributed by atoms with Crippen LogP contribution in [0.4, 0.5) is 0 Å². The molecule has 3 heteroatoms. The van der Waals surface area contributed by atoms with Gasteiger partial charge in [-0.25, -0.2) is 0 Å². The number of benzene rings is 1. The number of hydrogen-bond acceptors (Lipinski definition) is 2. The predicted octanol–water partition coefficient (Wildman–Crippen LogP) is 2.16. The standard InChI is InChI=1S/C12H19ClN2/c1-2-15(10-8-14)9-7-11-5-3-4-6-12(11)13/h3-6H,2,7-10,14H2,1H3. The van der Waals surface area contributed by atoms with Gasteiger partial charge in [-0.15, -0.1) is 0 Å². The number of halogens is 1. The van der Waals surface area contributed by atoms with E-state index < -0.39 is 0 Å². The Balaban J connectivity index is 2.45. The summed E-state index contributed by atoms with van der Waals surface area (Å²) in [4.78, 5) is 2.34. The molecule has 1 aromatic carbocycles. The van der Waals surface area contributed by atoms with Gasteiger partial charge in [0.25, 0.3) is 0 Å². The highest BCUT2D eigenvalue weighted by molar-refractivity contribution is 6.31. The minimum Gasteiger partial charge on any atom is -0.329 e. The van der Waals surface area contributed by atoms with Crippen molar-refractivity contribution < 1.29 is 0 Å². The van der Waals surface area contributed by atoms with E-state index in [4.69, 9.17) is 17.3 Å². The van der Waals surface area contributed by atoms with Crippen LogP contribution in [0.2, 0.25) is 5.02 Å². The first kappa shape index (κ1) is 12.5. The number of likely N-dealkylation sites (N-methyl/N-ethyl adjacent to an activating group) is 1. The van der Waals surface area contributed by atoms with Crippen LogP contribution in [0.15, 0.2) is 24.3 Å². The second kappa shape index (κ2) is 6.83. The molecule has 0 aliphatic carbocycles. The number of nitrogens with zero attached hydrogens (tertiary/aromatic N) is 1. The van der Waals surface area contributed by atoms with E-state index in [1.54, 1.807) is 0 Å². The molecule has 0 radical (unpaired) electrons. The van der Waals surface area contributed by atoms with E-state index in [2.05, 4.69) is 17.9 Å². The van der Waals surface area contributed by atoms with Crippen molar-refractivity contribution in [1.29, 1.82) is 0 Å². The molecule has 0 fully saturated rings. The quantitative estimate of drug-likeness (QED) is 0.806. The number of rotatable bonds is 6. The van der Waals surface area contributed by atoms with Gasteiger partial charge in [-0.05, 0) is 24.6 Å². The second-order valence-electron chi connectivity index (χ2n) is 3.56. The number of hydrogen-bond donors (Lipinski definition) is 1. The molecule has 0 unspecified atom stereocenters. The molecule has 2 N–H and O–H groups in total. The van der Waals surface area contributed by atoms with E-state index in [1.165, 1.54) is 5.56 Å². The van der Waals surface area contributed by atoms with Crippen LogP contribution in [0.25, 0.3) is 0 Å². The molecule has 0 heterocycles. The average molecular weight is 227 g/mol. The van der Waals surface area contributed by atoms with E-state index >= 15 is 0 Å². The van der Waals surface area contributed by atoms with Crippen LogP contribution in [0.1, 0.15) is 12.5 Å². The highest BCUT2D eigenvalue weighted by Crippen LogP contribution is 2.15.